The van der Waals surface area contributed by atoms with Gasteiger partial charge >= 0.3 is 17.9 Å². The van der Waals surface area contributed by atoms with Crippen molar-refractivity contribution in [3.05, 3.63) is 0 Å². The molecule has 0 aromatic carbocycles. The van der Waals surface area contributed by atoms with Crippen LogP contribution in [0.2, 0.25) is 0 Å². The third-order valence-corrected chi connectivity index (χ3v) is 15.3. The number of esters is 3. The first kappa shape index (κ1) is 69.4. The number of unbranched alkanes of at least 4 members (excludes halogenated alkanes) is 43. The summed E-state index contributed by atoms with van der Waals surface area (Å²) in [5, 5.41) is 0. The fourth-order valence-electron chi connectivity index (χ4n) is 10.1. The van der Waals surface area contributed by atoms with E-state index in [1.54, 1.807) is 0 Å². The van der Waals surface area contributed by atoms with Gasteiger partial charge in [-0.3, -0.25) is 14.4 Å². The van der Waals surface area contributed by atoms with Crippen LogP contribution in [0.4, 0.5) is 0 Å². The van der Waals surface area contributed by atoms with E-state index >= 15 is 0 Å². The molecule has 0 N–H and O–H groups in total. The number of carbonyl (C=O) groups is 3. The SMILES string of the molecule is CCCCCCCCCCCCCCC(=O)OC[C@@H](COC(=O)CCCCCCCCCCCCCCCCCCC(C)C)OC(=O)CCCCCCCCCCCCCCCCCCCCC(C)CC. The second kappa shape index (κ2) is 57.7. The van der Waals surface area contributed by atoms with Gasteiger partial charge in [-0.05, 0) is 31.1 Å². The summed E-state index contributed by atoms with van der Waals surface area (Å²) in [5.41, 5.74) is 0. The van der Waals surface area contributed by atoms with Crippen LogP contribution in [0.25, 0.3) is 0 Å². The van der Waals surface area contributed by atoms with Crippen LogP contribution in [0.1, 0.15) is 369 Å². The predicted octanol–water partition coefficient (Wildman–Crippen LogP) is 21.6. The van der Waals surface area contributed by atoms with E-state index in [9.17, 15) is 14.4 Å². The lowest BCUT2D eigenvalue weighted by atomic mass is 9.99. The zero-order valence-corrected chi connectivity index (χ0v) is 48.9. The number of rotatable bonds is 59. The smallest absolute Gasteiger partial charge is 0.306 e. The van der Waals surface area contributed by atoms with Crippen molar-refractivity contribution in [1.29, 1.82) is 0 Å². The van der Waals surface area contributed by atoms with E-state index in [1.165, 1.54) is 257 Å². The normalized spacial score (nSPS) is 12.4. The van der Waals surface area contributed by atoms with Gasteiger partial charge in [-0.2, -0.15) is 0 Å². The molecular formula is C65H126O6. The fraction of sp³-hybridized carbons (Fsp3) is 0.954. The van der Waals surface area contributed by atoms with E-state index in [-0.39, 0.29) is 31.1 Å². The lowest BCUT2D eigenvalue weighted by Crippen LogP contribution is -2.30. The molecule has 0 heterocycles. The van der Waals surface area contributed by atoms with Gasteiger partial charge in [0, 0.05) is 19.3 Å². The van der Waals surface area contributed by atoms with Crippen LogP contribution in [0.15, 0.2) is 0 Å². The first-order valence-electron chi connectivity index (χ1n) is 32.3. The summed E-state index contributed by atoms with van der Waals surface area (Å²) in [4.78, 5) is 38.3. The van der Waals surface area contributed by atoms with Gasteiger partial charge in [-0.15, -0.1) is 0 Å². The number of ether oxygens (including phenoxy) is 3. The Labute approximate surface area is 444 Å². The van der Waals surface area contributed by atoms with Crippen molar-refractivity contribution in [3.63, 3.8) is 0 Å². The monoisotopic (exact) mass is 1000 g/mol. The van der Waals surface area contributed by atoms with Gasteiger partial charge in [0.1, 0.15) is 13.2 Å². The Morgan fingerprint density at radius 1 is 0.296 bits per heavy atom. The van der Waals surface area contributed by atoms with Gasteiger partial charge in [0.25, 0.3) is 0 Å². The van der Waals surface area contributed by atoms with Crippen molar-refractivity contribution in [2.75, 3.05) is 13.2 Å². The van der Waals surface area contributed by atoms with E-state index in [0.29, 0.717) is 19.3 Å². The van der Waals surface area contributed by atoms with E-state index in [1.807, 2.05) is 0 Å². The van der Waals surface area contributed by atoms with Gasteiger partial charge in [0.05, 0.1) is 0 Å². The lowest BCUT2D eigenvalue weighted by molar-refractivity contribution is -0.167. The predicted molar refractivity (Wildman–Crippen MR) is 307 cm³/mol. The summed E-state index contributed by atoms with van der Waals surface area (Å²) < 4.78 is 16.9. The molecule has 0 aromatic rings. The van der Waals surface area contributed by atoms with Gasteiger partial charge in [0.2, 0.25) is 0 Å². The molecule has 1 unspecified atom stereocenters. The van der Waals surface area contributed by atoms with E-state index in [2.05, 4.69) is 34.6 Å². The van der Waals surface area contributed by atoms with E-state index in [0.717, 1.165) is 69.6 Å². The first-order valence-corrected chi connectivity index (χ1v) is 32.3. The van der Waals surface area contributed by atoms with Crippen LogP contribution in [-0.2, 0) is 28.6 Å². The summed E-state index contributed by atoms with van der Waals surface area (Å²) in [6, 6.07) is 0. The summed E-state index contributed by atoms with van der Waals surface area (Å²) >= 11 is 0. The van der Waals surface area contributed by atoms with Gasteiger partial charge in [0.15, 0.2) is 6.10 Å². The van der Waals surface area contributed by atoms with Crippen LogP contribution in [0, 0.1) is 11.8 Å². The maximum absolute atomic E-state index is 12.9. The average molecular weight is 1000 g/mol. The standard InChI is InChI=1S/C65H126O6/c1-6-8-9-10-11-12-13-30-35-40-45-50-55-63(66)69-58-62(59-70-64(67)56-51-46-41-36-31-26-22-19-18-20-24-28-33-38-43-48-53-60(3)4)71-65(68)57-52-47-42-37-32-27-23-17-15-14-16-21-25-29-34-39-44-49-54-61(5)7-2/h60-62H,6-59H2,1-5H3/t61?,62-/m0/s1. The highest BCUT2D eigenvalue weighted by molar-refractivity contribution is 5.71. The van der Waals surface area contributed by atoms with E-state index < -0.39 is 6.10 Å². The number of carbonyl (C=O) groups excluding carboxylic acids is 3. The topological polar surface area (TPSA) is 78.9 Å². The summed E-state index contributed by atoms with van der Waals surface area (Å²) in [7, 11) is 0. The molecule has 0 saturated carbocycles. The third kappa shape index (κ3) is 57.5. The highest BCUT2D eigenvalue weighted by atomic mass is 16.6. The maximum Gasteiger partial charge on any atom is 0.306 e. The molecule has 422 valence electrons. The Bertz CT molecular complexity index is 1090. The summed E-state index contributed by atoms with van der Waals surface area (Å²) in [6.07, 6.45) is 63.9. The minimum absolute atomic E-state index is 0.0618. The first-order chi connectivity index (χ1) is 34.8. The zero-order valence-electron chi connectivity index (χ0n) is 48.9. The number of hydrogen-bond donors (Lipinski definition) is 0. The van der Waals surface area contributed by atoms with Crippen LogP contribution >= 0.6 is 0 Å². The van der Waals surface area contributed by atoms with Crippen molar-refractivity contribution in [2.24, 2.45) is 11.8 Å². The van der Waals surface area contributed by atoms with Crippen LogP contribution in [0.5, 0.6) is 0 Å². The highest BCUT2D eigenvalue weighted by Gasteiger charge is 2.19. The minimum Gasteiger partial charge on any atom is -0.462 e. The molecule has 0 aliphatic heterocycles. The second-order valence-electron chi connectivity index (χ2n) is 23.1. The molecule has 0 aromatic heterocycles. The summed E-state index contributed by atoms with van der Waals surface area (Å²) in [6.45, 7) is 11.5. The Morgan fingerprint density at radius 2 is 0.535 bits per heavy atom. The second-order valence-corrected chi connectivity index (χ2v) is 23.1. The molecule has 6 nitrogen and oxygen atoms in total. The van der Waals surface area contributed by atoms with Crippen LogP contribution in [-0.4, -0.2) is 37.2 Å². The van der Waals surface area contributed by atoms with E-state index in [4.69, 9.17) is 14.2 Å². The summed E-state index contributed by atoms with van der Waals surface area (Å²) in [5.74, 6) is 0.931. The van der Waals surface area contributed by atoms with Crippen LogP contribution in [0.3, 0.4) is 0 Å². The quantitative estimate of drug-likeness (QED) is 0.0343. The molecule has 0 rings (SSSR count). The lowest BCUT2D eigenvalue weighted by Gasteiger charge is -2.18. The average Bonchev–Trinajstić information content (AvgIpc) is 3.36. The maximum atomic E-state index is 12.9. The van der Waals surface area contributed by atoms with Crippen molar-refractivity contribution in [2.45, 2.75) is 375 Å². The molecular weight excluding hydrogens is 877 g/mol. The minimum atomic E-state index is -0.763. The zero-order chi connectivity index (χ0) is 51.8. The fourth-order valence-corrected chi connectivity index (χ4v) is 10.1. The highest BCUT2D eigenvalue weighted by Crippen LogP contribution is 2.19. The Balaban J connectivity index is 4.23. The Kier molecular flexibility index (Phi) is 56.4. The molecule has 0 saturated heterocycles. The van der Waals surface area contributed by atoms with Crippen molar-refractivity contribution in [1.82, 2.24) is 0 Å². The molecule has 0 aliphatic rings. The Hall–Kier alpha value is -1.59. The molecule has 0 radical (unpaired) electrons. The molecule has 71 heavy (non-hydrogen) atoms. The van der Waals surface area contributed by atoms with Crippen molar-refractivity contribution >= 4 is 17.9 Å². The molecule has 0 fully saturated rings. The molecule has 0 amide bonds. The molecule has 6 heteroatoms. The van der Waals surface area contributed by atoms with Crippen LogP contribution < -0.4 is 0 Å². The van der Waals surface area contributed by atoms with Crippen molar-refractivity contribution in [3.8, 4) is 0 Å². The Morgan fingerprint density at radius 3 is 0.803 bits per heavy atom. The third-order valence-electron chi connectivity index (χ3n) is 15.3. The largest absolute Gasteiger partial charge is 0.462 e. The van der Waals surface area contributed by atoms with Gasteiger partial charge in [-0.1, -0.05) is 330 Å². The number of hydrogen-bond acceptors (Lipinski definition) is 6. The van der Waals surface area contributed by atoms with Crippen molar-refractivity contribution < 1.29 is 28.6 Å². The molecule has 0 spiro atoms. The van der Waals surface area contributed by atoms with Gasteiger partial charge < -0.3 is 14.2 Å². The van der Waals surface area contributed by atoms with Gasteiger partial charge in [-0.25, -0.2) is 0 Å². The molecule has 2 atom stereocenters. The molecule has 0 bridgehead atoms. The molecule has 0 aliphatic carbocycles.